The molecule has 0 spiro atoms. The fourth-order valence-corrected chi connectivity index (χ4v) is 2.62. The molecule has 1 fully saturated rings. The third-order valence-corrected chi connectivity index (χ3v) is 3.91. The van der Waals surface area contributed by atoms with E-state index in [0.717, 1.165) is 31.4 Å². The van der Waals surface area contributed by atoms with Crippen molar-refractivity contribution in [1.29, 1.82) is 0 Å². The standard InChI is InChI=1S/C16H27N5.HI/c1-16(2)7-9-21(12-16)15(17-3)19-11-13-6-8-18-14(10-13)20(4)5;/h6,8,10H,7,9,11-12H2,1-5H3,(H,17,19);1H. The van der Waals surface area contributed by atoms with Gasteiger partial charge in [0.25, 0.3) is 0 Å². The molecule has 0 atom stereocenters. The van der Waals surface area contributed by atoms with E-state index < -0.39 is 0 Å². The molecule has 2 heterocycles. The van der Waals surface area contributed by atoms with Crippen molar-refractivity contribution in [2.75, 3.05) is 39.1 Å². The molecule has 22 heavy (non-hydrogen) atoms. The summed E-state index contributed by atoms with van der Waals surface area (Å²) >= 11 is 0. The number of rotatable bonds is 3. The zero-order chi connectivity index (χ0) is 15.5. The Morgan fingerprint density at radius 3 is 2.73 bits per heavy atom. The Balaban J connectivity index is 0.00000242. The van der Waals surface area contributed by atoms with Gasteiger partial charge in [0.2, 0.25) is 0 Å². The molecule has 0 amide bonds. The van der Waals surface area contributed by atoms with Gasteiger partial charge in [-0.05, 0) is 29.5 Å². The summed E-state index contributed by atoms with van der Waals surface area (Å²) in [5, 5.41) is 3.46. The van der Waals surface area contributed by atoms with E-state index >= 15 is 0 Å². The SMILES string of the molecule is CN=C(NCc1ccnc(N(C)C)c1)N1CCC(C)(C)C1.I. The van der Waals surface area contributed by atoms with E-state index in [1.54, 1.807) is 0 Å². The topological polar surface area (TPSA) is 43.8 Å². The van der Waals surface area contributed by atoms with Gasteiger partial charge in [-0.25, -0.2) is 4.98 Å². The van der Waals surface area contributed by atoms with Crippen LogP contribution in [-0.4, -0.2) is 50.1 Å². The Morgan fingerprint density at radius 1 is 1.45 bits per heavy atom. The lowest BCUT2D eigenvalue weighted by atomic mass is 9.93. The van der Waals surface area contributed by atoms with Crippen molar-refractivity contribution in [1.82, 2.24) is 15.2 Å². The molecule has 1 aliphatic rings. The molecule has 0 radical (unpaired) electrons. The van der Waals surface area contributed by atoms with E-state index in [4.69, 9.17) is 0 Å². The molecule has 1 aliphatic heterocycles. The van der Waals surface area contributed by atoms with Crippen molar-refractivity contribution >= 4 is 35.8 Å². The molecule has 1 saturated heterocycles. The minimum atomic E-state index is 0. The lowest BCUT2D eigenvalue weighted by molar-refractivity contribution is 0.370. The minimum absolute atomic E-state index is 0. The van der Waals surface area contributed by atoms with E-state index in [1.807, 2.05) is 38.3 Å². The summed E-state index contributed by atoms with van der Waals surface area (Å²) in [5.74, 6) is 1.97. The molecule has 0 aromatic carbocycles. The Labute approximate surface area is 151 Å². The van der Waals surface area contributed by atoms with Crippen molar-refractivity contribution < 1.29 is 0 Å². The van der Waals surface area contributed by atoms with Crippen LogP contribution in [-0.2, 0) is 6.54 Å². The average molecular weight is 417 g/mol. The minimum Gasteiger partial charge on any atom is -0.363 e. The van der Waals surface area contributed by atoms with E-state index in [1.165, 1.54) is 12.0 Å². The fraction of sp³-hybridized carbons (Fsp3) is 0.625. The zero-order valence-electron chi connectivity index (χ0n) is 14.3. The van der Waals surface area contributed by atoms with Gasteiger partial charge in [-0.1, -0.05) is 13.8 Å². The van der Waals surface area contributed by atoms with E-state index in [0.29, 0.717) is 5.41 Å². The molecular weight excluding hydrogens is 389 g/mol. The largest absolute Gasteiger partial charge is 0.363 e. The maximum Gasteiger partial charge on any atom is 0.193 e. The molecule has 1 N–H and O–H groups in total. The number of anilines is 1. The first-order valence-corrected chi connectivity index (χ1v) is 7.49. The van der Waals surface area contributed by atoms with Gasteiger partial charge in [-0.15, -0.1) is 24.0 Å². The maximum atomic E-state index is 4.41. The van der Waals surface area contributed by atoms with Crippen LogP contribution in [0.3, 0.4) is 0 Å². The summed E-state index contributed by atoms with van der Waals surface area (Å²) in [4.78, 5) is 13.1. The van der Waals surface area contributed by atoms with Crippen molar-refractivity contribution in [2.24, 2.45) is 10.4 Å². The Bertz CT molecular complexity index is 513. The van der Waals surface area contributed by atoms with E-state index in [2.05, 4.69) is 40.1 Å². The first-order valence-electron chi connectivity index (χ1n) is 7.49. The van der Waals surface area contributed by atoms with Crippen molar-refractivity contribution in [3.63, 3.8) is 0 Å². The van der Waals surface area contributed by atoms with Gasteiger partial charge in [-0.2, -0.15) is 0 Å². The van der Waals surface area contributed by atoms with Gasteiger partial charge >= 0.3 is 0 Å². The molecule has 1 aromatic heterocycles. The summed E-state index contributed by atoms with van der Waals surface area (Å²) in [6.07, 6.45) is 3.07. The quantitative estimate of drug-likeness (QED) is 0.467. The summed E-state index contributed by atoms with van der Waals surface area (Å²) in [5.41, 5.74) is 1.60. The van der Waals surface area contributed by atoms with Crippen molar-refractivity contribution in [3.05, 3.63) is 23.9 Å². The number of likely N-dealkylation sites (tertiary alicyclic amines) is 1. The lowest BCUT2D eigenvalue weighted by Gasteiger charge is -2.23. The van der Waals surface area contributed by atoms with Crippen LogP contribution in [0.1, 0.15) is 25.8 Å². The van der Waals surface area contributed by atoms with Crippen LogP contribution in [0.5, 0.6) is 0 Å². The predicted molar refractivity (Wildman–Crippen MR) is 104 cm³/mol. The summed E-state index contributed by atoms with van der Waals surface area (Å²) in [6.45, 7) is 7.53. The monoisotopic (exact) mass is 417 g/mol. The number of hydrogen-bond acceptors (Lipinski definition) is 3. The number of nitrogens with one attached hydrogen (secondary N) is 1. The molecule has 124 valence electrons. The van der Waals surface area contributed by atoms with Gasteiger partial charge in [0, 0.05) is 47.0 Å². The second-order valence-corrected chi connectivity index (χ2v) is 6.65. The average Bonchev–Trinajstić information content (AvgIpc) is 2.80. The second kappa shape index (κ2) is 7.99. The van der Waals surface area contributed by atoms with Crippen molar-refractivity contribution in [2.45, 2.75) is 26.8 Å². The van der Waals surface area contributed by atoms with Crippen LogP contribution in [0.15, 0.2) is 23.3 Å². The second-order valence-electron chi connectivity index (χ2n) is 6.65. The van der Waals surface area contributed by atoms with Crippen LogP contribution < -0.4 is 10.2 Å². The molecule has 1 aromatic rings. The van der Waals surface area contributed by atoms with E-state index in [-0.39, 0.29) is 24.0 Å². The zero-order valence-corrected chi connectivity index (χ0v) is 16.6. The predicted octanol–water partition coefficient (Wildman–Crippen LogP) is 2.57. The Morgan fingerprint density at radius 2 is 2.18 bits per heavy atom. The summed E-state index contributed by atoms with van der Waals surface area (Å²) < 4.78 is 0. The van der Waals surface area contributed by atoms with Crippen LogP contribution in [0.4, 0.5) is 5.82 Å². The highest BCUT2D eigenvalue weighted by molar-refractivity contribution is 14.0. The number of halogens is 1. The van der Waals surface area contributed by atoms with Gasteiger partial charge < -0.3 is 15.1 Å². The van der Waals surface area contributed by atoms with Gasteiger partial charge in [0.05, 0.1) is 0 Å². The highest BCUT2D eigenvalue weighted by Crippen LogP contribution is 2.28. The highest BCUT2D eigenvalue weighted by Gasteiger charge is 2.30. The first kappa shape index (κ1) is 19.0. The molecular formula is C16H28IN5. The van der Waals surface area contributed by atoms with Gasteiger partial charge in [0.1, 0.15) is 5.82 Å². The van der Waals surface area contributed by atoms with Crippen LogP contribution in [0.2, 0.25) is 0 Å². The molecule has 6 heteroatoms. The van der Waals surface area contributed by atoms with Crippen LogP contribution in [0.25, 0.3) is 0 Å². The summed E-state index contributed by atoms with van der Waals surface area (Å²) in [7, 11) is 5.86. The molecule has 0 saturated carbocycles. The maximum absolute atomic E-state index is 4.41. The smallest absolute Gasteiger partial charge is 0.193 e. The highest BCUT2D eigenvalue weighted by atomic mass is 127. The molecule has 0 unspecified atom stereocenters. The number of guanidine groups is 1. The number of aromatic nitrogens is 1. The number of nitrogens with zero attached hydrogens (tertiary/aromatic N) is 4. The number of hydrogen-bond donors (Lipinski definition) is 1. The van der Waals surface area contributed by atoms with Gasteiger partial charge in [0.15, 0.2) is 5.96 Å². The van der Waals surface area contributed by atoms with Crippen LogP contribution >= 0.6 is 24.0 Å². The first-order chi connectivity index (χ1) is 9.91. The number of aliphatic imine (C=N–C) groups is 1. The normalized spacial score (nSPS) is 17.1. The summed E-state index contributed by atoms with van der Waals surface area (Å²) in [6, 6.07) is 4.15. The fourth-order valence-electron chi connectivity index (χ4n) is 2.62. The molecule has 5 nitrogen and oxygen atoms in total. The Kier molecular flexibility index (Phi) is 6.90. The van der Waals surface area contributed by atoms with Crippen molar-refractivity contribution in [3.8, 4) is 0 Å². The van der Waals surface area contributed by atoms with Gasteiger partial charge in [-0.3, -0.25) is 4.99 Å². The Hall–Kier alpha value is -1.05. The number of pyridine rings is 1. The lowest BCUT2D eigenvalue weighted by Crippen LogP contribution is -2.40. The van der Waals surface area contributed by atoms with Crippen LogP contribution in [0, 0.1) is 5.41 Å². The molecule has 0 aliphatic carbocycles. The van der Waals surface area contributed by atoms with E-state index in [9.17, 15) is 0 Å². The third kappa shape index (κ3) is 5.00. The molecule has 2 rings (SSSR count). The third-order valence-electron chi connectivity index (χ3n) is 3.91. The molecule has 0 bridgehead atoms.